The van der Waals surface area contributed by atoms with Gasteiger partial charge in [-0.15, -0.1) is 32.9 Å². The van der Waals surface area contributed by atoms with Crippen LogP contribution in [0.3, 0.4) is 0 Å². The van der Waals surface area contributed by atoms with Crippen molar-refractivity contribution in [3.8, 4) is 17.2 Å². The molecule has 4 heterocycles. The van der Waals surface area contributed by atoms with Crippen molar-refractivity contribution in [1.29, 1.82) is 0 Å². The van der Waals surface area contributed by atoms with Crippen LogP contribution >= 0.6 is 22.7 Å². The molecule has 0 saturated carbocycles. The van der Waals surface area contributed by atoms with Crippen molar-refractivity contribution < 1.29 is 9.15 Å². The predicted molar refractivity (Wildman–Crippen MR) is 111 cm³/mol. The highest BCUT2D eigenvalue weighted by molar-refractivity contribution is 7.10. The van der Waals surface area contributed by atoms with Crippen molar-refractivity contribution in [3.05, 3.63) is 74.4 Å². The first-order valence-corrected chi connectivity index (χ1v) is 10.9. The van der Waals surface area contributed by atoms with Crippen LogP contribution in [0.15, 0.2) is 57.6 Å². The molecule has 1 aliphatic heterocycles. The van der Waals surface area contributed by atoms with E-state index in [9.17, 15) is 0 Å². The molecule has 1 atom stereocenters. The van der Waals surface area contributed by atoms with Gasteiger partial charge in [-0.25, -0.2) is 0 Å². The molecule has 0 fully saturated rings. The summed E-state index contributed by atoms with van der Waals surface area (Å²) in [5, 5.41) is 12.9. The lowest BCUT2D eigenvalue weighted by Crippen LogP contribution is -2.34. The fraction of sp³-hybridized carbons (Fsp3) is 0.238. The first-order chi connectivity index (χ1) is 13.8. The Morgan fingerprint density at radius 2 is 2.00 bits per heavy atom. The number of fused-ring (bicyclic) bond motifs is 1. The van der Waals surface area contributed by atoms with Gasteiger partial charge in [0.05, 0.1) is 19.7 Å². The maximum Gasteiger partial charge on any atom is 0.247 e. The zero-order valence-electron chi connectivity index (χ0n) is 15.4. The Kier molecular flexibility index (Phi) is 4.72. The average Bonchev–Trinajstić information content (AvgIpc) is 3.49. The molecule has 0 spiro atoms. The summed E-state index contributed by atoms with van der Waals surface area (Å²) in [5.74, 6) is 1.99. The van der Waals surface area contributed by atoms with Crippen LogP contribution in [0.5, 0.6) is 5.75 Å². The molecule has 5 nitrogen and oxygen atoms in total. The highest BCUT2D eigenvalue weighted by Gasteiger charge is 2.31. The van der Waals surface area contributed by atoms with Crippen LogP contribution in [-0.2, 0) is 13.0 Å². The first kappa shape index (κ1) is 17.6. The fourth-order valence-electron chi connectivity index (χ4n) is 3.66. The number of hydrogen-bond acceptors (Lipinski definition) is 7. The van der Waals surface area contributed by atoms with E-state index in [1.54, 1.807) is 18.4 Å². The Morgan fingerprint density at radius 1 is 1.11 bits per heavy atom. The third-order valence-electron chi connectivity index (χ3n) is 5.02. The van der Waals surface area contributed by atoms with Gasteiger partial charge in [-0.3, -0.25) is 4.90 Å². The van der Waals surface area contributed by atoms with Gasteiger partial charge in [0.1, 0.15) is 5.75 Å². The lowest BCUT2D eigenvalue weighted by molar-refractivity contribution is 0.189. The first-order valence-electron chi connectivity index (χ1n) is 9.12. The van der Waals surface area contributed by atoms with Crippen molar-refractivity contribution in [2.45, 2.75) is 19.0 Å². The highest BCUT2D eigenvalue weighted by atomic mass is 32.1. The maximum absolute atomic E-state index is 5.98. The van der Waals surface area contributed by atoms with Gasteiger partial charge in [0.15, 0.2) is 0 Å². The lowest BCUT2D eigenvalue weighted by Gasteiger charge is -2.34. The largest absolute Gasteiger partial charge is 0.497 e. The summed E-state index contributed by atoms with van der Waals surface area (Å²) in [4.78, 5) is 5.28. The van der Waals surface area contributed by atoms with Crippen LogP contribution in [0.25, 0.3) is 11.5 Å². The zero-order valence-corrected chi connectivity index (χ0v) is 17.0. The lowest BCUT2D eigenvalue weighted by atomic mass is 9.98. The molecule has 0 radical (unpaired) electrons. The minimum Gasteiger partial charge on any atom is -0.497 e. The van der Waals surface area contributed by atoms with Crippen LogP contribution in [0.4, 0.5) is 0 Å². The van der Waals surface area contributed by atoms with Gasteiger partial charge in [-0.2, -0.15) is 0 Å². The van der Waals surface area contributed by atoms with E-state index in [4.69, 9.17) is 9.15 Å². The predicted octanol–water partition coefficient (Wildman–Crippen LogP) is 5.02. The van der Waals surface area contributed by atoms with Gasteiger partial charge < -0.3 is 9.15 Å². The Labute approximate surface area is 171 Å². The summed E-state index contributed by atoms with van der Waals surface area (Å²) in [6, 6.07) is 14.5. The van der Waals surface area contributed by atoms with Crippen molar-refractivity contribution in [1.82, 2.24) is 15.1 Å². The van der Waals surface area contributed by atoms with Gasteiger partial charge in [-0.05, 0) is 59.1 Å². The molecule has 0 saturated heterocycles. The number of hydrogen-bond donors (Lipinski definition) is 0. The smallest absolute Gasteiger partial charge is 0.247 e. The third-order valence-corrected chi connectivity index (χ3v) is 6.94. The normalized spacial score (nSPS) is 16.8. The van der Waals surface area contributed by atoms with Crippen LogP contribution in [0, 0.1) is 0 Å². The molecule has 7 heteroatoms. The molecule has 5 rings (SSSR count). The summed E-state index contributed by atoms with van der Waals surface area (Å²) >= 11 is 3.66. The number of rotatable bonds is 5. The monoisotopic (exact) mass is 409 g/mol. The van der Waals surface area contributed by atoms with Gasteiger partial charge in [0.25, 0.3) is 0 Å². The van der Waals surface area contributed by atoms with Crippen molar-refractivity contribution >= 4 is 22.7 Å². The average molecular weight is 410 g/mol. The summed E-state index contributed by atoms with van der Waals surface area (Å²) in [5.41, 5.74) is 2.31. The number of thiophene rings is 2. The second kappa shape index (κ2) is 7.50. The van der Waals surface area contributed by atoms with E-state index in [0.29, 0.717) is 18.3 Å². The second-order valence-corrected chi connectivity index (χ2v) is 8.65. The van der Waals surface area contributed by atoms with Gasteiger partial charge in [0.2, 0.25) is 11.8 Å². The Hall–Kier alpha value is -2.48. The number of benzene rings is 1. The molecule has 3 aromatic heterocycles. The van der Waals surface area contributed by atoms with Crippen molar-refractivity contribution in [3.63, 3.8) is 0 Å². The Morgan fingerprint density at radius 3 is 2.79 bits per heavy atom. The minimum atomic E-state index is 0.256. The molecule has 1 aromatic carbocycles. The molecule has 1 aliphatic rings. The van der Waals surface area contributed by atoms with E-state index < -0.39 is 0 Å². The molecule has 4 aromatic rings. The highest BCUT2D eigenvalue weighted by Crippen LogP contribution is 2.40. The van der Waals surface area contributed by atoms with Gasteiger partial charge in [-0.1, -0.05) is 6.07 Å². The molecule has 0 bridgehead atoms. The fourth-order valence-corrected chi connectivity index (χ4v) is 5.44. The number of methoxy groups -OCH3 is 1. The van der Waals surface area contributed by atoms with Gasteiger partial charge >= 0.3 is 0 Å². The SMILES string of the molecule is COc1ccc(-c2nnc(CN3CCc4sccc4C3c3cccs3)o2)cc1. The maximum atomic E-state index is 5.98. The quantitative estimate of drug-likeness (QED) is 0.463. The molecule has 0 aliphatic carbocycles. The molecule has 142 valence electrons. The summed E-state index contributed by atoms with van der Waals surface area (Å²) in [6.45, 7) is 1.62. The van der Waals surface area contributed by atoms with Crippen molar-refractivity contribution in [2.24, 2.45) is 0 Å². The zero-order chi connectivity index (χ0) is 18.9. The topological polar surface area (TPSA) is 51.4 Å². The van der Waals surface area contributed by atoms with Crippen LogP contribution in [0.2, 0.25) is 0 Å². The third kappa shape index (κ3) is 3.26. The van der Waals surface area contributed by atoms with E-state index in [1.165, 1.54) is 15.3 Å². The van der Waals surface area contributed by atoms with Crippen molar-refractivity contribution in [2.75, 3.05) is 13.7 Å². The number of ether oxygens (including phenoxy) is 1. The van der Waals surface area contributed by atoms with E-state index in [1.807, 2.05) is 35.6 Å². The molecule has 1 unspecified atom stereocenters. The molecule has 0 N–H and O–H groups in total. The summed E-state index contributed by atoms with van der Waals surface area (Å²) in [7, 11) is 1.65. The minimum absolute atomic E-state index is 0.256. The van der Waals surface area contributed by atoms with Gasteiger partial charge in [0, 0.05) is 21.9 Å². The molecular weight excluding hydrogens is 390 g/mol. The molecule has 28 heavy (non-hydrogen) atoms. The number of aromatic nitrogens is 2. The van der Waals surface area contributed by atoms with Crippen LogP contribution < -0.4 is 4.74 Å². The van der Waals surface area contributed by atoms with Crippen LogP contribution in [-0.4, -0.2) is 28.8 Å². The summed E-state index contributed by atoms with van der Waals surface area (Å²) in [6.07, 6.45) is 1.06. The Bertz CT molecular complexity index is 1050. The molecule has 0 amide bonds. The number of nitrogens with zero attached hydrogens (tertiary/aromatic N) is 3. The van der Waals surface area contributed by atoms with E-state index in [-0.39, 0.29) is 6.04 Å². The molecular formula is C21H19N3O2S2. The Balaban J connectivity index is 1.40. The van der Waals surface area contributed by atoms with E-state index in [2.05, 4.69) is 44.1 Å². The standard InChI is InChI=1S/C21H19N3O2S2/c1-25-15-6-4-14(5-7-15)21-23-22-19(26-21)13-24-10-8-17-16(9-12-28-17)20(24)18-3-2-11-27-18/h2-7,9,11-12,20H,8,10,13H2,1H3. The second-order valence-electron chi connectivity index (χ2n) is 6.67. The summed E-state index contributed by atoms with van der Waals surface area (Å²) < 4.78 is 11.2. The van der Waals surface area contributed by atoms with E-state index in [0.717, 1.165) is 24.3 Å². The van der Waals surface area contributed by atoms with E-state index >= 15 is 0 Å². The van der Waals surface area contributed by atoms with Crippen LogP contribution in [0.1, 0.15) is 27.3 Å².